The Labute approximate surface area is 112 Å². The second kappa shape index (κ2) is 5.87. The Morgan fingerprint density at radius 3 is 2.83 bits per heavy atom. The highest BCUT2D eigenvalue weighted by Gasteiger charge is 2.06. The first-order valence-corrected chi connectivity index (χ1v) is 6.87. The summed E-state index contributed by atoms with van der Waals surface area (Å²) in [5.74, 6) is 1.61. The highest BCUT2D eigenvalue weighted by molar-refractivity contribution is 7.11. The van der Waals surface area contributed by atoms with Gasteiger partial charge in [0, 0.05) is 16.0 Å². The number of nitrogens with zero attached hydrogens (tertiary/aromatic N) is 1. The zero-order valence-corrected chi connectivity index (χ0v) is 11.8. The van der Waals surface area contributed by atoms with Gasteiger partial charge in [-0.25, -0.2) is 4.98 Å². The van der Waals surface area contributed by atoms with Crippen LogP contribution in [0.15, 0.2) is 30.5 Å². The van der Waals surface area contributed by atoms with Crippen LogP contribution in [0, 0.1) is 6.92 Å². The van der Waals surface area contributed by atoms with Gasteiger partial charge in [-0.2, -0.15) is 0 Å². The molecule has 0 radical (unpaired) electrons. The summed E-state index contributed by atoms with van der Waals surface area (Å²) in [5, 5.41) is 3.32. The van der Waals surface area contributed by atoms with Gasteiger partial charge in [0.2, 0.25) is 0 Å². The SMILES string of the molecule is Cc1ccc(CNc2ncccc2OC(C)C)s1. The summed E-state index contributed by atoms with van der Waals surface area (Å²) >= 11 is 1.80. The average Bonchev–Trinajstić information content (AvgIpc) is 2.73. The quantitative estimate of drug-likeness (QED) is 0.888. The first-order valence-electron chi connectivity index (χ1n) is 6.06. The summed E-state index contributed by atoms with van der Waals surface area (Å²) in [6.45, 7) is 6.92. The monoisotopic (exact) mass is 262 g/mol. The van der Waals surface area contributed by atoms with E-state index in [1.807, 2.05) is 26.0 Å². The zero-order chi connectivity index (χ0) is 13.0. The van der Waals surface area contributed by atoms with Crippen LogP contribution in [0.1, 0.15) is 23.6 Å². The van der Waals surface area contributed by atoms with Crippen molar-refractivity contribution < 1.29 is 4.74 Å². The summed E-state index contributed by atoms with van der Waals surface area (Å²) in [5.41, 5.74) is 0. The highest BCUT2D eigenvalue weighted by atomic mass is 32.1. The van der Waals surface area contributed by atoms with Crippen molar-refractivity contribution in [1.29, 1.82) is 0 Å². The van der Waals surface area contributed by atoms with Gasteiger partial charge in [-0.3, -0.25) is 0 Å². The van der Waals surface area contributed by atoms with Gasteiger partial charge in [0.1, 0.15) is 0 Å². The molecule has 0 amide bonds. The van der Waals surface area contributed by atoms with E-state index >= 15 is 0 Å². The lowest BCUT2D eigenvalue weighted by Crippen LogP contribution is -2.09. The molecule has 3 nitrogen and oxygen atoms in total. The Kier molecular flexibility index (Phi) is 4.20. The molecule has 2 aromatic rings. The van der Waals surface area contributed by atoms with E-state index in [9.17, 15) is 0 Å². The number of aromatic nitrogens is 1. The van der Waals surface area contributed by atoms with Crippen molar-refractivity contribution in [1.82, 2.24) is 4.98 Å². The molecule has 0 spiro atoms. The van der Waals surface area contributed by atoms with Gasteiger partial charge in [-0.15, -0.1) is 11.3 Å². The fourth-order valence-electron chi connectivity index (χ4n) is 1.62. The second-order valence-corrected chi connectivity index (χ2v) is 5.76. The molecule has 0 aliphatic heterocycles. The molecule has 4 heteroatoms. The number of aryl methyl sites for hydroxylation is 1. The van der Waals surface area contributed by atoms with Crippen LogP contribution in [0.25, 0.3) is 0 Å². The fourth-order valence-corrected chi connectivity index (χ4v) is 2.45. The average molecular weight is 262 g/mol. The summed E-state index contributed by atoms with van der Waals surface area (Å²) < 4.78 is 5.72. The summed E-state index contributed by atoms with van der Waals surface area (Å²) in [6, 6.07) is 8.09. The topological polar surface area (TPSA) is 34.2 Å². The first-order chi connectivity index (χ1) is 8.65. The molecule has 1 N–H and O–H groups in total. The van der Waals surface area contributed by atoms with E-state index in [-0.39, 0.29) is 6.10 Å². The second-order valence-electron chi connectivity index (χ2n) is 4.38. The Balaban J connectivity index is 2.04. The minimum absolute atomic E-state index is 0.152. The third kappa shape index (κ3) is 3.47. The molecule has 2 aromatic heterocycles. The van der Waals surface area contributed by atoms with Crippen LogP contribution >= 0.6 is 11.3 Å². The standard InChI is InChI=1S/C14H18N2OS/c1-10(2)17-13-5-4-8-15-14(13)16-9-12-7-6-11(3)18-12/h4-8,10H,9H2,1-3H3,(H,15,16). The van der Waals surface area contributed by atoms with Gasteiger partial charge in [0.25, 0.3) is 0 Å². The van der Waals surface area contributed by atoms with Crippen molar-refractivity contribution in [3.63, 3.8) is 0 Å². The van der Waals surface area contributed by atoms with Crippen LogP contribution in [0.3, 0.4) is 0 Å². The Morgan fingerprint density at radius 2 is 2.17 bits per heavy atom. The number of thiophene rings is 1. The van der Waals surface area contributed by atoms with Crippen LogP contribution < -0.4 is 10.1 Å². The smallest absolute Gasteiger partial charge is 0.169 e. The highest BCUT2D eigenvalue weighted by Crippen LogP contribution is 2.24. The van der Waals surface area contributed by atoms with E-state index in [0.717, 1.165) is 18.1 Å². The predicted octanol–water partition coefficient (Wildman–Crippen LogP) is 3.85. The minimum Gasteiger partial charge on any atom is -0.487 e. The van der Waals surface area contributed by atoms with E-state index in [0.29, 0.717) is 0 Å². The van der Waals surface area contributed by atoms with Gasteiger partial charge in [0.05, 0.1) is 12.6 Å². The normalized spacial score (nSPS) is 10.7. The third-order valence-electron chi connectivity index (χ3n) is 2.36. The first kappa shape index (κ1) is 12.9. The fraction of sp³-hybridized carbons (Fsp3) is 0.357. The lowest BCUT2D eigenvalue weighted by atomic mass is 10.4. The molecule has 0 saturated heterocycles. The van der Waals surface area contributed by atoms with Gasteiger partial charge >= 0.3 is 0 Å². The van der Waals surface area contributed by atoms with E-state index in [1.165, 1.54) is 9.75 Å². The number of hydrogen-bond acceptors (Lipinski definition) is 4. The molecule has 0 saturated carbocycles. The Morgan fingerprint density at radius 1 is 1.33 bits per heavy atom. The van der Waals surface area contributed by atoms with Crippen molar-refractivity contribution in [3.05, 3.63) is 40.2 Å². The number of hydrogen-bond donors (Lipinski definition) is 1. The molecular formula is C14H18N2OS. The molecule has 96 valence electrons. The molecule has 2 rings (SSSR count). The van der Waals surface area contributed by atoms with Crippen molar-refractivity contribution in [3.8, 4) is 5.75 Å². The number of ether oxygens (including phenoxy) is 1. The van der Waals surface area contributed by atoms with E-state index in [2.05, 4.69) is 29.4 Å². The van der Waals surface area contributed by atoms with Gasteiger partial charge in [-0.05, 0) is 45.0 Å². The molecule has 0 atom stereocenters. The maximum Gasteiger partial charge on any atom is 0.169 e. The number of pyridine rings is 1. The minimum atomic E-state index is 0.152. The van der Waals surface area contributed by atoms with Crippen molar-refractivity contribution in [2.45, 2.75) is 33.4 Å². The molecule has 0 fully saturated rings. The van der Waals surface area contributed by atoms with E-state index < -0.39 is 0 Å². The van der Waals surface area contributed by atoms with Crippen LogP contribution in [0.4, 0.5) is 5.82 Å². The third-order valence-corrected chi connectivity index (χ3v) is 3.36. The molecule has 2 heterocycles. The summed E-state index contributed by atoms with van der Waals surface area (Å²) in [7, 11) is 0. The van der Waals surface area contributed by atoms with Crippen LogP contribution in [-0.2, 0) is 6.54 Å². The molecule has 0 aromatic carbocycles. The van der Waals surface area contributed by atoms with Crippen molar-refractivity contribution in [2.24, 2.45) is 0 Å². The maximum atomic E-state index is 5.72. The van der Waals surface area contributed by atoms with Crippen molar-refractivity contribution in [2.75, 3.05) is 5.32 Å². The number of nitrogens with one attached hydrogen (secondary N) is 1. The molecule has 0 bridgehead atoms. The van der Waals surface area contributed by atoms with E-state index in [4.69, 9.17) is 4.74 Å². The zero-order valence-electron chi connectivity index (χ0n) is 10.9. The molecule has 0 unspecified atom stereocenters. The maximum absolute atomic E-state index is 5.72. The van der Waals surface area contributed by atoms with Crippen LogP contribution in [0.5, 0.6) is 5.75 Å². The molecule has 0 aliphatic carbocycles. The van der Waals surface area contributed by atoms with Crippen molar-refractivity contribution >= 4 is 17.2 Å². The lowest BCUT2D eigenvalue weighted by Gasteiger charge is -2.13. The summed E-state index contributed by atoms with van der Waals surface area (Å²) in [6.07, 6.45) is 1.92. The van der Waals surface area contributed by atoms with Gasteiger partial charge < -0.3 is 10.1 Å². The van der Waals surface area contributed by atoms with Crippen LogP contribution in [0.2, 0.25) is 0 Å². The Bertz CT molecular complexity index is 508. The van der Waals surface area contributed by atoms with E-state index in [1.54, 1.807) is 17.5 Å². The van der Waals surface area contributed by atoms with Crippen LogP contribution in [-0.4, -0.2) is 11.1 Å². The molecule has 18 heavy (non-hydrogen) atoms. The molecule has 0 aliphatic rings. The van der Waals surface area contributed by atoms with Gasteiger partial charge in [-0.1, -0.05) is 0 Å². The lowest BCUT2D eigenvalue weighted by molar-refractivity contribution is 0.243. The number of rotatable bonds is 5. The largest absolute Gasteiger partial charge is 0.487 e. The number of anilines is 1. The van der Waals surface area contributed by atoms with Gasteiger partial charge in [0.15, 0.2) is 11.6 Å². The predicted molar refractivity (Wildman–Crippen MR) is 76.4 cm³/mol. The Hall–Kier alpha value is -1.55. The summed E-state index contributed by atoms with van der Waals surface area (Å²) in [4.78, 5) is 6.95. The molecular weight excluding hydrogens is 244 g/mol.